The Bertz CT molecular complexity index is 532. The first kappa shape index (κ1) is 14.4. The van der Waals surface area contributed by atoms with Gasteiger partial charge in [0, 0.05) is 12.0 Å². The van der Waals surface area contributed by atoms with Crippen LogP contribution in [0, 0.1) is 13.8 Å². The zero-order valence-electron chi connectivity index (χ0n) is 12.9. The molecule has 2 amide bonds. The third-order valence-corrected chi connectivity index (χ3v) is 4.99. The quantitative estimate of drug-likeness (QED) is 0.928. The van der Waals surface area contributed by atoms with Crippen molar-refractivity contribution in [1.29, 1.82) is 0 Å². The van der Waals surface area contributed by atoms with E-state index in [1.165, 1.54) is 28.2 Å². The van der Waals surface area contributed by atoms with Gasteiger partial charge in [-0.05, 0) is 49.8 Å². The minimum atomic E-state index is -0.0948. The lowest BCUT2D eigenvalue weighted by atomic mass is 9.64. The summed E-state index contributed by atoms with van der Waals surface area (Å²) in [4.78, 5) is 17.4. The standard InChI is InChI=1S/C17H24N2O2/c1-13-5-6-15(11-14(13)2)17(7-3-8-17)12-18-16(20)19-9-4-10-21-19/h5-6,11H,3-4,7-10,12H2,1-2H3,(H,18,20). The summed E-state index contributed by atoms with van der Waals surface area (Å²) < 4.78 is 0. The third kappa shape index (κ3) is 2.77. The van der Waals surface area contributed by atoms with Gasteiger partial charge in [0.1, 0.15) is 0 Å². The number of benzene rings is 1. The molecular weight excluding hydrogens is 264 g/mol. The van der Waals surface area contributed by atoms with Crippen molar-refractivity contribution in [2.45, 2.75) is 44.9 Å². The molecule has 0 aromatic heterocycles. The van der Waals surface area contributed by atoms with Gasteiger partial charge in [-0.15, -0.1) is 0 Å². The fraction of sp³-hybridized carbons (Fsp3) is 0.588. The van der Waals surface area contributed by atoms with Crippen LogP contribution in [0.1, 0.15) is 42.4 Å². The molecule has 1 saturated heterocycles. The molecule has 1 aliphatic heterocycles. The molecule has 1 heterocycles. The molecule has 0 unspecified atom stereocenters. The summed E-state index contributed by atoms with van der Waals surface area (Å²) >= 11 is 0. The number of carbonyl (C=O) groups is 1. The van der Waals surface area contributed by atoms with Crippen LogP contribution in [0.2, 0.25) is 0 Å². The first-order valence-electron chi connectivity index (χ1n) is 7.87. The molecule has 2 aliphatic rings. The maximum atomic E-state index is 12.1. The summed E-state index contributed by atoms with van der Waals surface area (Å²) in [6, 6.07) is 6.60. The monoisotopic (exact) mass is 288 g/mol. The van der Waals surface area contributed by atoms with Crippen molar-refractivity contribution in [2.75, 3.05) is 19.7 Å². The van der Waals surface area contributed by atoms with E-state index in [9.17, 15) is 4.79 Å². The second-order valence-corrected chi connectivity index (χ2v) is 6.38. The molecule has 0 radical (unpaired) electrons. The predicted octanol–water partition coefficient (Wildman–Crippen LogP) is 3.07. The average Bonchev–Trinajstić information content (AvgIpc) is 2.95. The summed E-state index contributed by atoms with van der Waals surface area (Å²) in [5.41, 5.74) is 4.13. The maximum Gasteiger partial charge on any atom is 0.341 e. The Kier molecular flexibility index (Phi) is 3.89. The molecule has 114 valence electrons. The summed E-state index contributed by atoms with van der Waals surface area (Å²) in [6.45, 7) is 6.34. The van der Waals surface area contributed by atoms with Gasteiger partial charge in [-0.3, -0.25) is 4.84 Å². The zero-order chi connectivity index (χ0) is 14.9. The molecule has 1 aliphatic carbocycles. The number of amides is 2. The van der Waals surface area contributed by atoms with Crippen LogP contribution >= 0.6 is 0 Å². The fourth-order valence-corrected chi connectivity index (χ4v) is 3.18. The van der Waals surface area contributed by atoms with Crippen LogP contribution in [0.25, 0.3) is 0 Å². The van der Waals surface area contributed by atoms with E-state index in [2.05, 4.69) is 37.4 Å². The minimum Gasteiger partial charge on any atom is -0.335 e. The highest BCUT2D eigenvalue weighted by Gasteiger charge is 2.39. The molecule has 21 heavy (non-hydrogen) atoms. The second kappa shape index (κ2) is 5.68. The lowest BCUT2D eigenvalue weighted by Crippen LogP contribution is -2.48. The number of urea groups is 1. The number of hydroxylamine groups is 2. The van der Waals surface area contributed by atoms with Crippen LogP contribution in [0.5, 0.6) is 0 Å². The normalized spacial score (nSPS) is 20.2. The summed E-state index contributed by atoms with van der Waals surface area (Å²) in [5.74, 6) is 0. The van der Waals surface area contributed by atoms with Gasteiger partial charge in [-0.2, -0.15) is 0 Å². The Morgan fingerprint density at radius 2 is 2.10 bits per heavy atom. The van der Waals surface area contributed by atoms with Gasteiger partial charge in [0.25, 0.3) is 0 Å². The van der Waals surface area contributed by atoms with Crippen LogP contribution in [-0.2, 0) is 10.3 Å². The van der Waals surface area contributed by atoms with Crippen molar-refractivity contribution in [2.24, 2.45) is 0 Å². The highest BCUT2D eigenvalue weighted by molar-refractivity contribution is 5.73. The van der Waals surface area contributed by atoms with Crippen LogP contribution < -0.4 is 5.32 Å². The van der Waals surface area contributed by atoms with E-state index in [0.717, 1.165) is 19.3 Å². The lowest BCUT2D eigenvalue weighted by molar-refractivity contribution is -0.0668. The summed E-state index contributed by atoms with van der Waals surface area (Å²) in [7, 11) is 0. The van der Waals surface area contributed by atoms with Crippen molar-refractivity contribution >= 4 is 6.03 Å². The van der Waals surface area contributed by atoms with Gasteiger partial charge in [-0.1, -0.05) is 24.6 Å². The molecule has 0 bridgehead atoms. The number of hydrogen-bond acceptors (Lipinski definition) is 2. The van der Waals surface area contributed by atoms with E-state index >= 15 is 0 Å². The molecule has 1 N–H and O–H groups in total. The van der Waals surface area contributed by atoms with E-state index < -0.39 is 0 Å². The number of nitrogens with zero attached hydrogens (tertiary/aromatic N) is 1. The van der Waals surface area contributed by atoms with Crippen molar-refractivity contribution in [3.8, 4) is 0 Å². The highest BCUT2D eigenvalue weighted by Crippen LogP contribution is 2.43. The van der Waals surface area contributed by atoms with Gasteiger partial charge in [0.2, 0.25) is 0 Å². The Morgan fingerprint density at radius 1 is 1.29 bits per heavy atom. The van der Waals surface area contributed by atoms with Gasteiger partial charge < -0.3 is 5.32 Å². The van der Waals surface area contributed by atoms with E-state index in [-0.39, 0.29) is 11.4 Å². The lowest BCUT2D eigenvalue weighted by Gasteiger charge is -2.43. The third-order valence-electron chi connectivity index (χ3n) is 4.99. The zero-order valence-corrected chi connectivity index (χ0v) is 12.9. The molecule has 1 saturated carbocycles. The molecule has 4 nitrogen and oxygen atoms in total. The smallest absolute Gasteiger partial charge is 0.335 e. The van der Waals surface area contributed by atoms with Crippen molar-refractivity contribution in [1.82, 2.24) is 10.4 Å². The molecule has 4 heteroatoms. The van der Waals surface area contributed by atoms with Crippen LogP contribution in [0.15, 0.2) is 18.2 Å². The molecule has 2 fully saturated rings. The predicted molar refractivity (Wildman–Crippen MR) is 82.1 cm³/mol. The van der Waals surface area contributed by atoms with Crippen LogP contribution in [0.3, 0.4) is 0 Å². The topological polar surface area (TPSA) is 41.6 Å². The number of rotatable bonds is 3. The summed E-state index contributed by atoms with van der Waals surface area (Å²) in [6.07, 6.45) is 4.46. The average molecular weight is 288 g/mol. The van der Waals surface area contributed by atoms with Gasteiger partial charge >= 0.3 is 6.03 Å². The Hall–Kier alpha value is -1.55. The Labute approximate surface area is 126 Å². The number of carbonyl (C=O) groups excluding carboxylic acids is 1. The Morgan fingerprint density at radius 3 is 2.67 bits per heavy atom. The number of hydrogen-bond donors (Lipinski definition) is 1. The van der Waals surface area contributed by atoms with E-state index in [1.54, 1.807) is 0 Å². The minimum absolute atomic E-state index is 0.0948. The largest absolute Gasteiger partial charge is 0.341 e. The SMILES string of the molecule is Cc1ccc(C2(CNC(=O)N3CCCO3)CCC2)cc1C. The molecule has 3 rings (SSSR count). The van der Waals surface area contributed by atoms with Crippen LogP contribution in [-0.4, -0.2) is 30.8 Å². The number of aryl methyl sites for hydroxylation is 2. The van der Waals surface area contributed by atoms with E-state index in [1.807, 2.05) is 0 Å². The molecule has 0 spiro atoms. The number of nitrogens with one attached hydrogen (secondary N) is 1. The maximum absolute atomic E-state index is 12.1. The Balaban J connectivity index is 1.68. The summed E-state index contributed by atoms with van der Waals surface area (Å²) in [5, 5.41) is 4.51. The van der Waals surface area contributed by atoms with Crippen molar-refractivity contribution in [3.63, 3.8) is 0 Å². The van der Waals surface area contributed by atoms with Gasteiger partial charge in [0.05, 0.1) is 13.2 Å². The van der Waals surface area contributed by atoms with E-state index in [0.29, 0.717) is 19.7 Å². The highest BCUT2D eigenvalue weighted by atomic mass is 16.7. The van der Waals surface area contributed by atoms with E-state index in [4.69, 9.17) is 4.84 Å². The molecular formula is C17H24N2O2. The van der Waals surface area contributed by atoms with Gasteiger partial charge in [-0.25, -0.2) is 9.86 Å². The second-order valence-electron chi connectivity index (χ2n) is 6.38. The first-order chi connectivity index (χ1) is 10.1. The van der Waals surface area contributed by atoms with Crippen molar-refractivity contribution < 1.29 is 9.63 Å². The molecule has 0 atom stereocenters. The van der Waals surface area contributed by atoms with Crippen molar-refractivity contribution in [3.05, 3.63) is 34.9 Å². The first-order valence-corrected chi connectivity index (χ1v) is 7.87. The fourth-order valence-electron chi connectivity index (χ4n) is 3.18. The van der Waals surface area contributed by atoms with Gasteiger partial charge in [0.15, 0.2) is 0 Å². The molecule has 1 aromatic carbocycles. The van der Waals surface area contributed by atoms with Crippen LogP contribution in [0.4, 0.5) is 4.79 Å². The molecule has 1 aromatic rings.